The number of tetrazole rings is 1. The van der Waals surface area contributed by atoms with Gasteiger partial charge in [-0.25, -0.2) is 4.68 Å². The van der Waals surface area contributed by atoms with E-state index < -0.39 is 0 Å². The lowest BCUT2D eigenvalue weighted by atomic mass is 10.1. The summed E-state index contributed by atoms with van der Waals surface area (Å²) in [6.07, 6.45) is 3.75. The van der Waals surface area contributed by atoms with Crippen LogP contribution in [0, 0.1) is 0 Å². The Bertz CT molecular complexity index is 855. The molecule has 2 fully saturated rings. The standard InChI is InChI=1S/C18H26N8O2/c1-18(2,3)26-15(13-4-5-13)10-14(20-26)17(28)24-8-6-23(7-9-24)16(27)11-25-12-19-21-22-25/h10,12-13H,4-9,11H2,1-3H3. The summed E-state index contributed by atoms with van der Waals surface area (Å²) in [5.74, 6) is 0.416. The smallest absolute Gasteiger partial charge is 0.274 e. The van der Waals surface area contributed by atoms with Gasteiger partial charge in [-0.2, -0.15) is 5.10 Å². The molecule has 2 amide bonds. The molecule has 3 heterocycles. The average Bonchev–Trinajstić information content (AvgIpc) is 3.18. The van der Waals surface area contributed by atoms with E-state index in [1.807, 2.05) is 10.7 Å². The molecule has 0 spiro atoms. The second-order valence-electron chi connectivity index (χ2n) is 8.49. The van der Waals surface area contributed by atoms with Crippen molar-refractivity contribution in [1.82, 2.24) is 39.8 Å². The second-order valence-corrected chi connectivity index (χ2v) is 8.49. The Morgan fingerprint density at radius 3 is 2.36 bits per heavy atom. The van der Waals surface area contributed by atoms with E-state index in [0.717, 1.165) is 18.5 Å². The van der Waals surface area contributed by atoms with Crippen LogP contribution in [-0.2, 0) is 16.9 Å². The minimum Gasteiger partial charge on any atom is -0.338 e. The van der Waals surface area contributed by atoms with Crippen LogP contribution in [0.25, 0.3) is 0 Å². The van der Waals surface area contributed by atoms with Crippen LogP contribution >= 0.6 is 0 Å². The minimum absolute atomic E-state index is 0.0487. The number of amides is 2. The van der Waals surface area contributed by atoms with Crippen LogP contribution < -0.4 is 0 Å². The summed E-state index contributed by atoms with van der Waals surface area (Å²) in [6, 6.07) is 1.96. The predicted octanol–water partition coefficient (Wildman–Crippen LogP) is 0.487. The minimum atomic E-state index is -0.155. The van der Waals surface area contributed by atoms with Crippen molar-refractivity contribution in [1.29, 1.82) is 0 Å². The van der Waals surface area contributed by atoms with Crippen molar-refractivity contribution in [2.75, 3.05) is 26.2 Å². The molecule has 0 atom stereocenters. The highest BCUT2D eigenvalue weighted by Crippen LogP contribution is 2.41. The lowest BCUT2D eigenvalue weighted by Crippen LogP contribution is -2.51. The van der Waals surface area contributed by atoms with Crippen LogP contribution in [0.5, 0.6) is 0 Å². The molecule has 1 saturated heterocycles. The topological polar surface area (TPSA) is 102 Å². The molecular formula is C18H26N8O2. The Kier molecular flexibility index (Phi) is 4.64. The fourth-order valence-corrected chi connectivity index (χ4v) is 3.52. The van der Waals surface area contributed by atoms with Gasteiger partial charge in [0, 0.05) is 37.8 Å². The number of hydrogen-bond donors (Lipinski definition) is 0. The van der Waals surface area contributed by atoms with E-state index in [0.29, 0.717) is 37.8 Å². The molecule has 10 heteroatoms. The quantitative estimate of drug-likeness (QED) is 0.758. The zero-order valence-corrected chi connectivity index (χ0v) is 16.6. The maximum absolute atomic E-state index is 13.0. The van der Waals surface area contributed by atoms with Gasteiger partial charge in [0.1, 0.15) is 12.9 Å². The molecule has 10 nitrogen and oxygen atoms in total. The third-order valence-corrected chi connectivity index (χ3v) is 5.20. The Balaban J connectivity index is 1.39. The molecule has 1 aliphatic carbocycles. The molecule has 4 rings (SSSR count). The molecule has 2 aromatic heterocycles. The summed E-state index contributed by atoms with van der Waals surface area (Å²) in [7, 11) is 0. The fourth-order valence-electron chi connectivity index (χ4n) is 3.52. The zero-order valence-electron chi connectivity index (χ0n) is 16.6. The summed E-state index contributed by atoms with van der Waals surface area (Å²) >= 11 is 0. The molecule has 0 N–H and O–H groups in total. The number of hydrogen-bond acceptors (Lipinski definition) is 6. The van der Waals surface area contributed by atoms with Gasteiger partial charge in [-0.3, -0.25) is 14.3 Å². The van der Waals surface area contributed by atoms with E-state index in [1.54, 1.807) is 9.80 Å². The first-order chi connectivity index (χ1) is 13.3. The number of aromatic nitrogens is 6. The van der Waals surface area contributed by atoms with E-state index in [-0.39, 0.29) is 23.9 Å². The van der Waals surface area contributed by atoms with Crippen molar-refractivity contribution in [3.8, 4) is 0 Å². The zero-order chi connectivity index (χ0) is 19.9. The van der Waals surface area contributed by atoms with Crippen LogP contribution in [0.15, 0.2) is 12.4 Å². The van der Waals surface area contributed by atoms with Crippen molar-refractivity contribution in [3.05, 3.63) is 23.8 Å². The van der Waals surface area contributed by atoms with Crippen LogP contribution in [0.1, 0.15) is 55.7 Å². The molecule has 1 saturated carbocycles. The highest BCUT2D eigenvalue weighted by Gasteiger charge is 2.34. The largest absolute Gasteiger partial charge is 0.338 e. The molecule has 0 radical (unpaired) electrons. The van der Waals surface area contributed by atoms with Gasteiger partial charge >= 0.3 is 0 Å². The molecule has 150 valence electrons. The molecule has 28 heavy (non-hydrogen) atoms. The maximum atomic E-state index is 13.0. The first-order valence-corrected chi connectivity index (χ1v) is 9.71. The monoisotopic (exact) mass is 386 g/mol. The number of rotatable bonds is 4. The van der Waals surface area contributed by atoms with E-state index >= 15 is 0 Å². The summed E-state index contributed by atoms with van der Waals surface area (Å²) in [4.78, 5) is 28.9. The number of piperazine rings is 1. The van der Waals surface area contributed by atoms with E-state index in [4.69, 9.17) is 0 Å². The summed E-state index contributed by atoms with van der Waals surface area (Å²) < 4.78 is 3.40. The van der Waals surface area contributed by atoms with Crippen molar-refractivity contribution in [2.45, 2.75) is 51.6 Å². The molecular weight excluding hydrogens is 360 g/mol. The summed E-state index contributed by atoms with van der Waals surface area (Å²) in [6.45, 7) is 8.44. The van der Waals surface area contributed by atoms with Crippen LogP contribution in [0.4, 0.5) is 0 Å². The van der Waals surface area contributed by atoms with Crippen molar-refractivity contribution in [3.63, 3.8) is 0 Å². The lowest BCUT2D eigenvalue weighted by molar-refractivity contribution is -0.133. The number of carbonyl (C=O) groups is 2. The number of carbonyl (C=O) groups excluding carboxylic acids is 2. The van der Waals surface area contributed by atoms with Crippen molar-refractivity contribution < 1.29 is 9.59 Å². The van der Waals surface area contributed by atoms with Gasteiger partial charge in [0.2, 0.25) is 5.91 Å². The van der Waals surface area contributed by atoms with Crippen molar-refractivity contribution in [2.24, 2.45) is 0 Å². The molecule has 0 bridgehead atoms. The fraction of sp³-hybridized carbons (Fsp3) is 0.667. The van der Waals surface area contributed by atoms with E-state index in [2.05, 4.69) is 41.4 Å². The normalized spacial score (nSPS) is 17.8. The van der Waals surface area contributed by atoms with Crippen LogP contribution in [0.3, 0.4) is 0 Å². The Hall–Kier alpha value is -2.78. The molecule has 0 aromatic carbocycles. The van der Waals surface area contributed by atoms with Gasteiger partial charge in [0.25, 0.3) is 5.91 Å². The SMILES string of the molecule is CC(C)(C)n1nc(C(=O)N2CCN(C(=O)Cn3cnnn3)CC2)cc1C1CC1. The Morgan fingerprint density at radius 2 is 1.79 bits per heavy atom. The second kappa shape index (κ2) is 6.99. The van der Waals surface area contributed by atoms with Crippen LogP contribution in [0.2, 0.25) is 0 Å². The third-order valence-electron chi connectivity index (χ3n) is 5.20. The molecule has 2 aliphatic rings. The van der Waals surface area contributed by atoms with Gasteiger partial charge < -0.3 is 9.80 Å². The van der Waals surface area contributed by atoms with Gasteiger partial charge in [0.15, 0.2) is 5.69 Å². The van der Waals surface area contributed by atoms with Gasteiger partial charge in [0.05, 0.1) is 5.54 Å². The average molecular weight is 386 g/mol. The lowest BCUT2D eigenvalue weighted by Gasteiger charge is -2.34. The van der Waals surface area contributed by atoms with Crippen LogP contribution in [-0.4, -0.2) is 77.8 Å². The highest BCUT2D eigenvalue weighted by atomic mass is 16.2. The molecule has 2 aromatic rings. The summed E-state index contributed by atoms with van der Waals surface area (Å²) in [5, 5.41) is 15.4. The first kappa shape index (κ1) is 18.6. The van der Waals surface area contributed by atoms with Gasteiger partial charge in [-0.1, -0.05) is 0 Å². The molecule has 1 aliphatic heterocycles. The summed E-state index contributed by atoms with van der Waals surface area (Å²) in [5.41, 5.74) is 1.51. The van der Waals surface area contributed by atoms with E-state index in [9.17, 15) is 9.59 Å². The first-order valence-electron chi connectivity index (χ1n) is 9.71. The van der Waals surface area contributed by atoms with Gasteiger partial charge in [-0.05, 0) is 50.1 Å². The van der Waals surface area contributed by atoms with E-state index in [1.165, 1.54) is 11.0 Å². The number of nitrogens with zero attached hydrogens (tertiary/aromatic N) is 8. The Morgan fingerprint density at radius 1 is 1.11 bits per heavy atom. The molecule has 0 unspecified atom stereocenters. The third kappa shape index (κ3) is 3.76. The Labute approximate surface area is 163 Å². The van der Waals surface area contributed by atoms with Crippen molar-refractivity contribution >= 4 is 11.8 Å². The maximum Gasteiger partial charge on any atom is 0.274 e. The predicted molar refractivity (Wildman–Crippen MR) is 99.5 cm³/mol. The highest BCUT2D eigenvalue weighted by molar-refractivity contribution is 5.92. The van der Waals surface area contributed by atoms with Gasteiger partial charge in [-0.15, -0.1) is 5.10 Å².